The summed E-state index contributed by atoms with van der Waals surface area (Å²) >= 11 is 0. The molecule has 0 fully saturated rings. The molecule has 0 aliphatic heterocycles. The van der Waals surface area contributed by atoms with Crippen molar-refractivity contribution < 1.29 is 27.6 Å². The summed E-state index contributed by atoms with van der Waals surface area (Å²) in [7, 11) is 1.47. The van der Waals surface area contributed by atoms with Crippen LogP contribution in [0.2, 0.25) is 0 Å². The lowest BCUT2D eigenvalue weighted by molar-refractivity contribution is -0.384. The van der Waals surface area contributed by atoms with Crippen LogP contribution >= 0.6 is 0 Å². The van der Waals surface area contributed by atoms with Crippen molar-refractivity contribution in [2.24, 2.45) is 0 Å². The number of carbonyl (C=O) groups excluding carboxylic acids is 1. The zero-order valence-corrected chi connectivity index (χ0v) is 14.4. The number of carbonyl (C=O) groups is 1. The number of nitro groups is 1. The molecule has 0 aromatic heterocycles. The molecule has 0 heterocycles. The first kappa shape index (κ1) is 20.0. The number of rotatable bonds is 5. The van der Waals surface area contributed by atoms with Crippen molar-refractivity contribution in [3.8, 4) is 5.75 Å². The minimum Gasteiger partial charge on any atom is -0.406 e. The number of ether oxygens (including phenoxy) is 1. The Bertz CT molecular complexity index is 842. The van der Waals surface area contributed by atoms with Gasteiger partial charge >= 0.3 is 12.4 Å². The van der Waals surface area contributed by atoms with Crippen molar-refractivity contribution in [2.45, 2.75) is 19.3 Å². The standard InChI is InChI=1S/C17H16F3N3O4/c1-11(12-5-3-7-14(9-12)23(25)26)22(2)16(24)21-13-6-4-8-15(10-13)27-17(18,19)20/h3-11H,1-2H3,(H,21,24). The topological polar surface area (TPSA) is 84.7 Å². The molecule has 1 atom stereocenters. The first-order valence-corrected chi connectivity index (χ1v) is 7.71. The van der Waals surface area contributed by atoms with E-state index in [1.807, 2.05) is 0 Å². The highest BCUT2D eigenvalue weighted by Crippen LogP contribution is 2.26. The smallest absolute Gasteiger partial charge is 0.406 e. The van der Waals surface area contributed by atoms with Gasteiger partial charge in [-0.05, 0) is 24.6 Å². The maximum Gasteiger partial charge on any atom is 0.573 e. The minimum atomic E-state index is -4.84. The highest BCUT2D eigenvalue weighted by atomic mass is 19.4. The van der Waals surface area contributed by atoms with Gasteiger partial charge in [0.05, 0.1) is 11.0 Å². The fourth-order valence-corrected chi connectivity index (χ4v) is 2.28. The summed E-state index contributed by atoms with van der Waals surface area (Å²) < 4.78 is 40.7. The third kappa shape index (κ3) is 5.59. The zero-order chi connectivity index (χ0) is 20.2. The first-order chi connectivity index (χ1) is 12.6. The van der Waals surface area contributed by atoms with Gasteiger partial charge in [0.1, 0.15) is 5.75 Å². The Labute approximate surface area is 152 Å². The molecule has 2 amide bonds. The monoisotopic (exact) mass is 383 g/mol. The third-order valence-corrected chi connectivity index (χ3v) is 3.78. The van der Waals surface area contributed by atoms with Crippen LogP contribution in [0.15, 0.2) is 48.5 Å². The number of benzene rings is 2. The number of non-ortho nitro benzene ring substituents is 1. The fraction of sp³-hybridized carbons (Fsp3) is 0.235. The molecule has 7 nitrogen and oxygen atoms in total. The van der Waals surface area contributed by atoms with E-state index in [0.29, 0.717) is 5.56 Å². The number of urea groups is 1. The number of nitrogens with one attached hydrogen (secondary N) is 1. The van der Waals surface area contributed by atoms with Crippen molar-refractivity contribution >= 4 is 17.4 Å². The average molecular weight is 383 g/mol. The lowest BCUT2D eigenvalue weighted by Gasteiger charge is -2.25. The van der Waals surface area contributed by atoms with Crippen LogP contribution < -0.4 is 10.1 Å². The lowest BCUT2D eigenvalue weighted by Crippen LogP contribution is -2.33. The summed E-state index contributed by atoms with van der Waals surface area (Å²) in [6, 6.07) is 9.59. The van der Waals surface area contributed by atoms with Gasteiger partial charge in [0, 0.05) is 30.9 Å². The molecule has 1 unspecified atom stereocenters. The Morgan fingerprint density at radius 2 is 1.89 bits per heavy atom. The summed E-state index contributed by atoms with van der Waals surface area (Å²) in [6.07, 6.45) is -4.84. The summed E-state index contributed by atoms with van der Waals surface area (Å²) in [6.45, 7) is 1.67. The fourth-order valence-electron chi connectivity index (χ4n) is 2.28. The van der Waals surface area contributed by atoms with Gasteiger partial charge < -0.3 is 15.0 Å². The van der Waals surface area contributed by atoms with Gasteiger partial charge in [-0.1, -0.05) is 18.2 Å². The lowest BCUT2D eigenvalue weighted by atomic mass is 10.1. The molecule has 0 spiro atoms. The van der Waals surface area contributed by atoms with E-state index in [1.54, 1.807) is 13.0 Å². The second-order valence-corrected chi connectivity index (χ2v) is 5.64. The summed E-state index contributed by atoms with van der Waals surface area (Å²) in [4.78, 5) is 24.0. The Kier molecular flexibility index (Phi) is 5.88. The molecule has 2 aromatic rings. The van der Waals surface area contributed by atoms with E-state index in [1.165, 1.54) is 42.3 Å². The van der Waals surface area contributed by atoms with E-state index in [2.05, 4.69) is 10.1 Å². The normalized spacial score (nSPS) is 12.2. The van der Waals surface area contributed by atoms with E-state index in [4.69, 9.17) is 0 Å². The first-order valence-electron chi connectivity index (χ1n) is 7.71. The SMILES string of the molecule is CC(c1cccc([N+](=O)[O-])c1)N(C)C(=O)Nc1cccc(OC(F)(F)F)c1. The molecule has 144 valence electrons. The highest BCUT2D eigenvalue weighted by molar-refractivity contribution is 5.89. The van der Waals surface area contributed by atoms with Gasteiger partial charge in [0.15, 0.2) is 0 Å². The van der Waals surface area contributed by atoms with Crippen molar-refractivity contribution in [3.05, 3.63) is 64.2 Å². The van der Waals surface area contributed by atoms with Crippen molar-refractivity contribution in [3.63, 3.8) is 0 Å². The molecule has 1 N–H and O–H groups in total. The van der Waals surface area contributed by atoms with Gasteiger partial charge in [-0.3, -0.25) is 10.1 Å². The largest absolute Gasteiger partial charge is 0.573 e. The van der Waals surface area contributed by atoms with E-state index in [9.17, 15) is 28.1 Å². The van der Waals surface area contributed by atoms with Gasteiger partial charge in [-0.15, -0.1) is 13.2 Å². The molecular formula is C17H16F3N3O4. The number of alkyl halides is 3. The predicted molar refractivity (Wildman–Crippen MR) is 91.4 cm³/mol. The molecule has 10 heteroatoms. The molecule has 2 aromatic carbocycles. The molecule has 27 heavy (non-hydrogen) atoms. The molecular weight excluding hydrogens is 367 g/mol. The third-order valence-electron chi connectivity index (χ3n) is 3.78. The van der Waals surface area contributed by atoms with Crippen LogP contribution in [-0.2, 0) is 0 Å². The Balaban J connectivity index is 2.10. The second-order valence-electron chi connectivity index (χ2n) is 5.64. The van der Waals surface area contributed by atoms with Crippen molar-refractivity contribution in [1.29, 1.82) is 0 Å². The molecule has 0 aliphatic carbocycles. The van der Waals surface area contributed by atoms with Gasteiger partial charge in [-0.25, -0.2) is 4.79 Å². The number of hydrogen-bond donors (Lipinski definition) is 1. The molecule has 0 saturated carbocycles. The molecule has 0 radical (unpaired) electrons. The van der Waals surface area contributed by atoms with Gasteiger partial charge in [-0.2, -0.15) is 0 Å². The maximum absolute atomic E-state index is 12.4. The summed E-state index contributed by atoms with van der Waals surface area (Å²) in [5.41, 5.74) is 0.543. The predicted octanol–water partition coefficient (Wildman–Crippen LogP) is 4.72. The zero-order valence-electron chi connectivity index (χ0n) is 14.4. The number of amides is 2. The van der Waals surface area contributed by atoms with Crippen LogP contribution in [0.1, 0.15) is 18.5 Å². The number of anilines is 1. The number of nitrogens with zero attached hydrogens (tertiary/aromatic N) is 2. The Hall–Kier alpha value is -3.30. The average Bonchev–Trinajstić information content (AvgIpc) is 2.59. The molecule has 0 aliphatic rings. The van der Waals surface area contributed by atoms with Crippen LogP contribution in [0.5, 0.6) is 5.75 Å². The summed E-state index contributed by atoms with van der Waals surface area (Å²) in [5.74, 6) is -0.463. The molecule has 0 saturated heterocycles. The van der Waals surface area contributed by atoms with Gasteiger partial charge in [0.25, 0.3) is 5.69 Å². The van der Waals surface area contributed by atoms with E-state index in [0.717, 1.165) is 12.1 Å². The highest BCUT2D eigenvalue weighted by Gasteiger charge is 2.31. The van der Waals surface area contributed by atoms with Crippen molar-refractivity contribution in [2.75, 3.05) is 12.4 Å². The van der Waals surface area contributed by atoms with Crippen molar-refractivity contribution in [1.82, 2.24) is 4.90 Å². The van der Waals surface area contributed by atoms with Crippen LogP contribution in [0.4, 0.5) is 29.3 Å². The second kappa shape index (κ2) is 7.94. The quantitative estimate of drug-likeness (QED) is 0.598. The van der Waals surface area contributed by atoms with Crippen LogP contribution in [0, 0.1) is 10.1 Å². The van der Waals surface area contributed by atoms with E-state index >= 15 is 0 Å². The molecule has 0 bridgehead atoms. The summed E-state index contributed by atoms with van der Waals surface area (Å²) in [5, 5.41) is 13.3. The van der Waals surface area contributed by atoms with Crippen LogP contribution in [-0.4, -0.2) is 29.3 Å². The number of halogens is 3. The number of nitro benzene ring substituents is 1. The Morgan fingerprint density at radius 1 is 1.22 bits per heavy atom. The van der Waals surface area contributed by atoms with Crippen LogP contribution in [0.3, 0.4) is 0 Å². The molecule has 2 rings (SSSR count). The van der Waals surface area contributed by atoms with Gasteiger partial charge in [0.2, 0.25) is 0 Å². The maximum atomic E-state index is 12.4. The Morgan fingerprint density at radius 3 is 2.52 bits per heavy atom. The van der Waals surface area contributed by atoms with E-state index < -0.39 is 29.1 Å². The van der Waals surface area contributed by atoms with Crippen LogP contribution in [0.25, 0.3) is 0 Å². The van der Waals surface area contributed by atoms with E-state index in [-0.39, 0.29) is 11.4 Å². The minimum absolute atomic E-state index is 0.106. The number of hydrogen-bond acceptors (Lipinski definition) is 4.